The van der Waals surface area contributed by atoms with Gasteiger partial charge in [0, 0.05) is 18.9 Å². The highest BCUT2D eigenvalue weighted by molar-refractivity contribution is 7.89. The van der Waals surface area contributed by atoms with Gasteiger partial charge in [0.15, 0.2) is 0 Å². The van der Waals surface area contributed by atoms with Gasteiger partial charge in [-0.25, -0.2) is 13.1 Å². The number of fused-ring (bicyclic) bond motifs is 2. The first-order valence-electron chi connectivity index (χ1n) is 10.2. The lowest BCUT2D eigenvalue weighted by Crippen LogP contribution is -2.42. The molecular formula is C20H32N2O6S. The molecule has 0 unspecified atom stereocenters. The van der Waals surface area contributed by atoms with Crippen LogP contribution in [0.2, 0.25) is 0 Å². The third-order valence-electron chi connectivity index (χ3n) is 5.47. The molecule has 164 valence electrons. The molecule has 0 saturated carbocycles. The molecule has 0 aromatic heterocycles. The quantitative estimate of drug-likeness (QED) is 0.303. The van der Waals surface area contributed by atoms with Gasteiger partial charge in [0.05, 0.1) is 24.5 Å². The second kappa shape index (κ2) is 11.5. The molecule has 2 heterocycles. The number of carboxylic acids is 1. The number of hydrogen-bond donors (Lipinski definition) is 3. The normalized spacial score (nSPS) is 26.5. The number of aliphatic carboxylic acids is 1. The molecule has 4 atom stereocenters. The Morgan fingerprint density at radius 2 is 1.86 bits per heavy atom. The topological polar surface area (TPSA) is 122 Å². The molecule has 0 aliphatic carbocycles. The molecule has 1 amide bonds. The van der Waals surface area contributed by atoms with Gasteiger partial charge in [0.25, 0.3) is 0 Å². The number of carboxylic acid groups (broad SMARTS) is 1. The van der Waals surface area contributed by atoms with Gasteiger partial charge >= 0.3 is 5.97 Å². The van der Waals surface area contributed by atoms with Crippen LogP contribution in [0.3, 0.4) is 0 Å². The van der Waals surface area contributed by atoms with Crippen LogP contribution in [0, 0.1) is 11.8 Å². The SMILES string of the molecule is CC=CCS(=O)(=O)NCC(=O)NC[C@H]1[C@@H](C/C=C\CCCC(=O)O)[C@H]2CC[C@@H]1O2. The van der Waals surface area contributed by atoms with Crippen molar-refractivity contribution in [1.29, 1.82) is 0 Å². The van der Waals surface area contributed by atoms with E-state index < -0.39 is 16.0 Å². The molecule has 2 bridgehead atoms. The number of amides is 1. The summed E-state index contributed by atoms with van der Waals surface area (Å²) in [5.41, 5.74) is 0. The Morgan fingerprint density at radius 1 is 1.14 bits per heavy atom. The fourth-order valence-corrected chi connectivity index (χ4v) is 4.89. The third kappa shape index (κ3) is 7.91. The average molecular weight is 429 g/mol. The van der Waals surface area contributed by atoms with E-state index in [-0.39, 0.29) is 42.8 Å². The zero-order chi connectivity index (χ0) is 21.3. The van der Waals surface area contributed by atoms with Crippen LogP contribution in [-0.4, -0.2) is 56.5 Å². The minimum Gasteiger partial charge on any atom is -0.481 e. The first-order chi connectivity index (χ1) is 13.8. The first-order valence-corrected chi connectivity index (χ1v) is 11.8. The number of unbranched alkanes of at least 4 members (excludes halogenated alkanes) is 1. The fourth-order valence-electron chi connectivity index (χ4n) is 3.97. The summed E-state index contributed by atoms with van der Waals surface area (Å²) in [5.74, 6) is -0.741. The predicted molar refractivity (Wildman–Crippen MR) is 110 cm³/mol. The van der Waals surface area contributed by atoms with E-state index in [1.807, 2.05) is 6.08 Å². The van der Waals surface area contributed by atoms with Crippen LogP contribution in [-0.2, 0) is 24.3 Å². The largest absolute Gasteiger partial charge is 0.481 e. The number of rotatable bonds is 13. The van der Waals surface area contributed by atoms with Crippen molar-refractivity contribution in [1.82, 2.24) is 10.0 Å². The van der Waals surface area contributed by atoms with Crippen LogP contribution in [0.1, 0.15) is 45.4 Å². The van der Waals surface area contributed by atoms with Gasteiger partial charge in [-0.2, -0.15) is 0 Å². The van der Waals surface area contributed by atoms with Crippen LogP contribution in [0.4, 0.5) is 0 Å². The highest BCUT2D eigenvalue weighted by atomic mass is 32.2. The van der Waals surface area contributed by atoms with E-state index in [0.29, 0.717) is 18.9 Å². The van der Waals surface area contributed by atoms with Crippen molar-refractivity contribution in [3.8, 4) is 0 Å². The average Bonchev–Trinajstić information content (AvgIpc) is 3.27. The van der Waals surface area contributed by atoms with Crippen LogP contribution < -0.4 is 10.0 Å². The maximum absolute atomic E-state index is 12.1. The molecule has 2 rings (SSSR count). The maximum Gasteiger partial charge on any atom is 0.303 e. The Balaban J connectivity index is 1.75. The van der Waals surface area contributed by atoms with Crippen LogP contribution in [0.25, 0.3) is 0 Å². The van der Waals surface area contributed by atoms with Crippen molar-refractivity contribution >= 4 is 21.9 Å². The molecule has 3 N–H and O–H groups in total. The Bertz CT molecular complexity index is 718. The first kappa shape index (κ1) is 23.6. The molecule has 2 fully saturated rings. The van der Waals surface area contributed by atoms with Crippen molar-refractivity contribution in [2.75, 3.05) is 18.8 Å². The summed E-state index contributed by atoms with van der Waals surface area (Å²) in [4.78, 5) is 22.6. The molecule has 0 aromatic rings. The van der Waals surface area contributed by atoms with Gasteiger partial charge in [-0.1, -0.05) is 24.3 Å². The minimum atomic E-state index is -3.49. The summed E-state index contributed by atoms with van der Waals surface area (Å²) in [6, 6.07) is 0. The zero-order valence-corrected chi connectivity index (χ0v) is 17.7. The van der Waals surface area contributed by atoms with E-state index in [2.05, 4.69) is 16.1 Å². The van der Waals surface area contributed by atoms with Crippen LogP contribution >= 0.6 is 0 Å². The number of hydrogen-bond acceptors (Lipinski definition) is 5. The van der Waals surface area contributed by atoms with Crippen LogP contribution in [0.5, 0.6) is 0 Å². The van der Waals surface area contributed by atoms with Gasteiger partial charge < -0.3 is 15.2 Å². The van der Waals surface area contributed by atoms with E-state index in [1.165, 1.54) is 6.08 Å². The van der Waals surface area contributed by atoms with Gasteiger partial charge in [-0.05, 0) is 44.9 Å². The summed E-state index contributed by atoms with van der Waals surface area (Å²) in [7, 11) is -3.49. The Kier molecular flexibility index (Phi) is 9.32. The molecule has 0 radical (unpaired) electrons. The minimum absolute atomic E-state index is 0.136. The predicted octanol–water partition coefficient (Wildman–Crippen LogP) is 1.59. The van der Waals surface area contributed by atoms with Gasteiger partial charge in [0.2, 0.25) is 15.9 Å². The molecule has 0 spiro atoms. The molecule has 2 saturated heterocycles. The van der Waals surface area contributed by atoms with Crippen LogP contribution in [0.15, 0.2) is 24.3 Å². The number of ether oxygens (including phenoxy) is 1. The van der Waals surface area contributed by atoms with Crippen molar-refractivity contribution < 1.29 is 27.9 Å². The Hall–Kier alpha value is -1.71. The number of nitrogens with one attached hydrogen (secondary N) is 2. The smallest absolute Gasteiger partial charge is 0.303 e. The highest BCUT2D eigenvalue weighted by Crippen LogP contribution is 2.44. The van der Waals surface area contributed by atoms with Gasteiger partial charge in [-0.3, -0.25) is 9.59 Å². The molecule has 9 heteroatoms. The molecule has 2 aliphatic rings. The summed E-state index contributed by atoms with van der Waals surface area (Å²) < 4.78 is 31.8. The lowest BCUT2D eigenvalue weighted by molar-refractivity contribution is -0.137. The van der Waals surface area contributed by atoms with Crippen molar-refractivity contribution in [2.45, 2.75) is 57.7 Å². The number of allylic oxidation sites excluding steroid dienone is 3. The molecule has 29 heavy (non-hydrogen) atoms. The van der Waals surface area contributed by atoms with Crippen molar-refractivity contribution in [3.05, 3.63) is 24.3 Å². The molecule has 0 aromatic carbocycles. The van der Waals surface area contributed by atoms with Crippen molar-refractivity contribution in [2.24, 2.45) is 11.8 Å². The molecule has 8 nitrogen and oxygen atoms in total. The second-order valence-electron chi connectivity index (χ2n) is 7.59. The van der Waals surface area contributed by atoms with E-state index in [4.69, 9.17) is 9.84 Å². The lowest BCUT2D eigenvalue weighted by Gasteiger charge is -2.27. The third-order valence-corrected chi connectivity index (χ3v) is 6.68. The standard InChI is InChI=1S/C20H32N2O6S/c1-2-3-12-29(26,27)22-14-19(23)21-13-16-15(17-10-11-18(16)28-17)8-6-4-5-7-9-20(24)25/h2-4,6,15-18,22H,5,7-14H2,1H3,(H,21,23)(H,24,25)/b3-2?,6-4-/t15-,16+,17-,18+/m1/s1. The monoisotopic (exact) mass is 428 g/mol. The Morgan fingerprint density at radius 3 is 2.55 bits per heavy atom. The molecule has 2 aliphatic heterocycles. The van der Waals surface area contributed by atoms with Crippen molar-refractivity contribution in [3.63, 3.8) is 0 Å². The Labute approximate surface area is 172 Å². The van der Waals surface area contributed by atoms with Gasteiger partial charge in [0.1, 0.15) is 0 Å². The lowest BCUT2D eigenvalue weighted by atomic mass is 9.77. The number of carbonyl (C=O) groups excluding carboxylic acids is 1. The maximum atomic E-state index is 12.1. The van der Waals surface area contributed by atoms with E-state index >= 15 is 0 Å². The summed E-state index contributed by atoms with van der Waals surface area (Å²) in [6.07, 6.45) is 12.0. The summed E-state index contributed by atoms with van der Waals surface area (Å²) in [5, 5.41) is 11.5. The van der Waals surface area contributed by atoms with Gasteiger partial charge in [-0.15, -0.1) is 0 Å². The highest BCUT2D eigenvalue weighted by Gasteiger charge is 2.47. The number of sulfonamides is 1. The second-order valence-corrected chi connectivity index (χ2v) is 9.44. The summed E-state index contributed by atoms with van der Waals surface area (Å²) in [6.45, 7) is 1.94. The fraction of sp³-hybridized carbons (Fsp3) is 0.700. The zero-order valence-electron chi connectivity index (χ0n) is 16.9. The molecular weight excluding hydrogens is 396 g/mol. The van der Waals surface area contributed by atoms with E-state index in [9.17, 15) is 18.0 Å². The summed E-state index contributed by atoms with van der Waals surface area (Å²) >= 11 is 0. The van der Waals surface area contributed by atoms with E-state index in [0.717, 1.165) is 25.7 Å². The van der Waals surface area contributed by atoms with E-state index in [1.54, 1.807) is 13.0 Å². The number of carbonyl (C=O) groups is 2.